The van der Waals surface area contributed by atoms with Gasteiger partial charge in [0.05, 0.1) is 11.6 Å². The Morgan fingerprint density at radius 2 is 2.21 bits per heavy atom. The molecule has 0 saturated heterocycles. The fraction of sp³-hybridized carbons (Fsp3) is 0.500. The van der Waals surface area contributed by atoms with Gasteiger partial charge in [0.15, 0.2) is 5.78 Å². The molecule has 2 atom stereocenters. The first-order valence-electron chi connectivity index (χ1n) is 7.52. The number of hydrogen-bond acceptors (Lipinski definition) is 7. The molecule has 0 saturated carbocycles. The van der Waals surface area contributed by atoms with Crippen molar-refractivity contribution in [3.05, 3.63) is 28.7 Å². The van der Waals surface area contributed by atoms with Crippen LogP contribution in [0.1, 0.15) is 25.8 Å². The molecular weight excluding hydrogens is 330 g/mol. The molecule has 0 aliphatic carbocycles. The van der Waals surface area contributed by atoms with Crippen molar-refractivity contribution in [2.75, 3.05) is 6.61 Å². The number of aliphatic hydroxyl groups is 1. The van der Waals surface area contributed by atoms with Crippen molar-refractivity contribution in [3.63, 3.8) is 0 Å². The molecule has 1 aromatic heterocycles. The minimum Gasteiger partial charge on any atom is -0.444 e. The molecule has 2 rings (SSSR count). The Labute approximate surface area is 144 Å². The van der Waals surface area contributed by atoms with Crippen LogP contribution in [0.5, 0.6) is 0 Å². The number of carbonyl (C=O) groups excluding carboxylic acids is 2. The SMILES string of the molecule is CC(C)(C)OC(=O)N[C@@H](CO)C(=O)C1(Cc2nccs2)C=CC=N1. The Morgan fingerprint density at radius 3 is 2.71 bits per heavy atom. The smallest absolute Gasteiger partial charge is 0.408 e. The van der Waals surface area contributed by atoms with Gasteiger partial charge in [-0.05, 0) is 32.9 Å². The zero-order valence-electron chi connectivity index (χ0n) is 13.9. The maximum absolute atomic E-state index is 12.9. The first kappa shape index (κ1) is 18.3. The number of amides is 1. The average Bonchev–Trinajstić information content (AvgIpc) is 3.15. The third kappa shape index (κ3) is 4.48. The molecule has 0 aromatic carbocycles. The van der Waals surface area contributed by atoms with Crippen LogP contribution in [0.15, 0.2) is 28.7 Å². The summed E-state index contributed by atoms with van der Waals surface area (Å²) in [5.74, 6) is -0.406. The summed E-state index contributed by atoms with van der Waals surface area (Å²) in [6.45, 7) is 4.62. The summed E-state index contributed by atoms with van der Waals surface area (Å²) in [4.78, 5) is 33.3. The van der Waals surface area contributed by atoms with Gasteiger partial charge in [0, 0.05) is 24.2 Å². The Balaban J connectivity index is 2.14. The molecule has 1 aromatic rings. The highest BCUT2D eigenvalue weighted by atomic mass is 32.1. The Hall–Kier alpha value is -2.06. The predicted octanol–water partition coefficient (Wildman–Crippen LogP) is 1.52. The van der Waals surface area contributed by atoms with E-state index in [1.54, 1.807) is 39.1 Å². The van der Waals surface area contributed by atoms with Crippen LogP contribution in [0, 0.1) is 0 Å². The maximum Gasteiger partial charge on any atom is 0.408 e. The molecule has 130 valence electrons. The minimum absolute atomic E-state index is 0.281. The van der Waals surface area contributed by atoms with E-state index in [2.05, 4.69) is 15.3 Å². The number of nitrogens with zero attached hydrogens (tertiary/aromatic N) is 2. The normalized spacial score (nSPS) is 20.8. The van der Waals surface area contributed by atoms with Crippen LogP contribution in [-0.4, -0.2) is 52.0 Å². The number of thiazole rings is 1. The van der Waals surface area contributed by atoms with Gasteiger partial charge in [0.1, 0.15) is 17.2 Å². The molecule has 2 N–H and O–H groups in total. The van der Waals surface area contributed by atoms with E-state index in [4.69, 9.17) is 4.74 Å². The van der Waals surface area contributed by atoms with Crippen LogP contribution >= 0.6 is 11.3 Å². The molecule has 0 bridgehead atoms. The topological polar surface area (TPSA) is 101 Å². The van der Waals surface area contributed by atoms with Gasteiger partial charge in [-0.3, -0.25) is 9.79 Å². The van der Waals surface area contributed by atoms with Gasteiger partial charge in [-0.25, -0.2) is 9.78 Å². The second kappa shape index (κ2) is 7.23. The predicted molar refractivity (Wildman–Crippen MR) is 91.4 cm³/mol. The standard InChI is InChI=1S/C16H21N3O4S/c1-15(2,3)23-14(22)19-11(10-20)13(21)16(5-4-6-18-16)9-12-17-7-8-24-12/h4-8,11,20H,9-10H2,1-3H3,(H,19,22)/t11-,16?/m0/s1. The van der Waals surface area contributed by atoms with Crippen molar-refractivity contribution >= 4 is 29.4 Å². The van der Waals surface area contributed by atoms with E-state index in [9.17, 15) is 14.7 Å². The second-order valence-corrected chi connectivity index (χ2v) is 7.39. The number of aliphatic hydroxyl groups excluding tert-OH is 1. The third-order valence-electron chi connectivity index (χ3n) is 3.28. The molecule has 0 spiro atoms. The van der Waals surface area contributed by atoms with Gasteiger partial charge < -0.3 is 15.2 Å². The summed E-state index contributed by atoms with van der Waals surface area (Å²) in [6, 6.07) is -1.11. The van der Waals surface area contributed by atoms with Gasteiger partial charge >= 0.3 is 6.09 Å². The summed E-state index contributed by atoms with van der Waals surface area (Å²) < 4.78 is 5.14. The molecule has 0 fully saturated rings. The van der Waals surface area contributed by atoms with Crippen molar-refractivity contribution in [1.29, 1.82) is 0 Å². The van der Waals surface area contributed by atoms with Crippen molar-refractivity contribution in [2.45, 2.75) is 44.4 Å². The molecular formula is C16H21N3O4S. The molecule has 24 heavy (non-hydrogen) atoms. The minimum atomic E-state index is -1.17. The Kier molecular flexibility index (Phi) is 5.51. The number of nitrogens with one attached hydrogen (secondary N) is 1. The van der Waals surface area contributed by atoms with Crippen LogP contribution < -0.4 is 5.32 Å². The lowest BCUT2D eigenvalue weighted by Crippen LogP contribution is -2.53. The summed E-state index contributed by atoms with van der Waals surface area (Å²) in [7, 11) is 0. The molecule has 1 aliphatic rings. The van der Waals surface area contributed by atoms with Crippen LogP contribution in [0.25, 0.3) is 0 Å². The fourth-order valence-electron chi connectivity index (χ4n) is 2.28. The lowest BCUT2D eigenvalue weighted by atomic mass is 9.87. The number of rotatable bonds is 6. The fourth-order valence-corrected chi connectivity index (χ4v) is 2.98. The molecule has 1 aliphatic heterocycles. The van der Waals surface area contributed by atoms with E-state index in [1.807, 2.05) is 5.38 Å². The highest BCUT2D eigenvalue weighted by Crippen LogP contribution is 2.26. The largest absolute Gasteiger partial charge is 0.444 e. The molecule has 8 heteroatoms. The number of carbonyl (C=O) groups is 2. The van der Waals surface area contributed by atoms with Crippen LogP contribution in [0.3, 0.4) is 0 Å². The van der Waals surface area contributed by atoms with Crippen LogP contribution in [0.2, 0.25) is 0 Å². The first-order valence-corrected chi connectivity index (χ1v) is 8.40. The Bertz CT molecular complexity index is 635. The van der Waals surface area contributed by atoms with E-state index >= 15 is 0 Å². The van der Waals surface area contributed by atoms with E-state index in [1.165, 1.54) is 17.6 Å². The first-order chi connectivity index (χ1) is 11.3. The quantitative estimate of drug-likeness (QED) is 0.809. The zero-order valence-corrected chi connectivity index (χ0v) is 14.7. The summed E-state index contributed by atoms with van der Waals surface area (Å²) in [6.07, 6.45) is 6.05. The monoisotopic (exact) mass is 351 g/mol. The van der Waals surface area contributed by atoms with Crippen molar-refractivity contribution in [3.8, 4) is 0 Å². The second-order valence-electron chi connectivity index (χ2n) is 6.41. The number of aliphatic imine (C=N–C) groups is 1. The summed E-state index contributed by atoms with van der Waals surface area (Å²) >= 11 is 1.42. The molecule has 1 unspecified atom stereocenters. The van der Waals surface area contributed by atoms with Crippen LogP contribution in [0.4, 0.5) is 4.79 Å². The van der Waals surface area contributed by atoms with Gasteiger partial charge in [-0.1, -0.05) is 0 Å². The molecule has 1 amide bonds. The number of hydrogen-bond donors (Lipinski definition) is 2. The lowest BCUT2D eigenvalue weighted by molar-refractivity contribution is -0.125. The number of Topliss-reactive ketones (excluding diaryl/α,β-unsaturated/α-hetero) is 1. The van der Waals surface area contributed by atoms with E-state index in [0.717, 1.165) is 5.01 Å². The number of allylic oxidation sites excluding steroid dienone is 1. The van der Waals surface area contributed by atoms with Gasteiger partial charge in [0.25, 0.3) is 0 Å². The molecule has 7 nitrogen and oxygen atoms in total. The number of aromatic nitrogens is 1. The van der Waals surface area contributed by atoms with Crippen molar-refractivity contribution < 1.29 is 19.4 Å². The number of ketones is 1. The number of alkyl carbamates (subject to hydrolysis) is 1. The average molecular weight is 351 g/mol. The van der Waals surface area contributed by atoms with Crippen molar-refractivity contribution in [2.24, 2.45) is 4.99 Å². The van der Waals surface area contributed by atoms with Crippen molar-refractivity contribution in [1.82, 2.24) is 10.3 Å². The summed E-state index contributed by atoms with van der Waals surface area (Å²) in [5.41, 5.74) is -1.86. The zero-order chi connectivity index (χ0) is 17.8. The van der Waals surface area contributed by atoms with E-state index in [0.29, 0.717) is 0 Å². The maximum atomic E-state index is 12.9. The molecule has 2 heterocycles. The highest BCUT2D eigenvalue weighted by molar-refractivity contribution is 7.09. The summed E-state index contributed by atoms with van der Waals surface area (Å²) in [5, 5.41) is 14.6. The van der Waals surface area contributed by atoms with Crippen LogP contribution in [-0.2, 0) is 16.0 Å². The third-order valence-corrected chi connectivity index (χ3v) is 4.06. The van der Waals surface area contributed by atoms with E-state index in [-0.39, 0.29) is 6.42 Å². The lowest BCUT2D eigenvalue weighted by Gasteiger charge is -2.28. The van der Waals surface area contributed by atoms with Gasteiger partial charge in [-0.2, -0.15) is 0 Å². The molecule has 0 radical (unpaired) electrons. The number of ether oxygens (including phenoxy) is 1. The van der Waals surface area contributed by atoms with Gasteiger partial charge in [0.2, 0.25) is 0 Å². The highest BCUT2D eigenvalue weighted by Gasteiger charge is 2.42. The Morgan fingerprint density at radius 1 is 1.46 bits per heavy atom. The van der Waals surface area contributed by atoms with Gasteiger partial charge in [-0.15, -0.1) is 11.3 Å². The van der Waals surface area contributed by atoms with E-state index < -0.39 is 35.7 Å².